The van der Waals surface area contributed by atoms with Crippen molar-refractivity contribution in [2.24, 2.45) is 7.05 Å². The molecule has 0 radical (unpaired) electrons. The predicted octanol–water partition coefficient (Wildman–Crippen LogP) is 2.69. The highest BCUT2D eigenvalue weighted by Gasteiger charge is 2.15. The Balaban J connectivity index is 1.76. The average Bonchev–Trinajstić information content (AvgIpc) is 2.94. The minimum absolute atomic E-state index is 0.256. The molecule has 0 spiro atoms. The van der Waals surface area contributed by atoms with Gasteiger partial charge >= 0.3 is 0 Å². The summed E-state index contributed by atoms with van der Waals surface area (Å²) in [4.78, 5) is 0. The van der Waals surface area contributed by atoms with Crippen molar-refractivity contribution < 1.29 is 14.2 Å². The van der Waals surface area contributed by atoms with Gasteiger partial charge in [-0.15, -0.1) is 0 Å². The quantitative estimate of drug-likeness (QED) is 0.867. The number of rotatable bonds is 3. The lowest BCUT2D eigenvalue weighted by Gasteiger charge is -2.06. The molecule has 100 valence electrons. The molecule has 6 heteroatoms. The monoisotopic (exact) mass is 280 g/mol. The largest absolute Gasteiger partial charge is 0.489 e. The number of nitrogens with zero attached hydrogens (tertiary/aromatic N) is 2. The average molecular weight is 281 g/mol. The lowest BCUT2D eigenvalue weighted by molar-refractivity contribution is 0.173. The van der Waals surface area contributed by atoms with Crippen LogP contribution in [-0.2, 0) is 13.7 Å². The van der Waals surface area contributed by atoms with E-state index in [1.807, 2.05) is 25.1 Å². The summed E-state index contributed by atoms with van der Waals surface area (Å²) in [6.45, 7) is 2.54. The van der Waals surface area contributed by atoms with Crippen LogP contribution in [0.4, 0.5) is 0 Å². The number of hydrogen-bond acceptors (Lipinski definition) is 4. The fourth-order valence-electron chi connectivity index (χ4n) is 1.96. The summed E-state index contributed by atoms with van der Waals surface area (Å²) in [7, 11) is 1.80. The van der Waals surface area contributed by atoms with E-state index < -0.39 is 0 Å². The Morgan fingerprint density at radius 3 is 2.89 bits per heavy atom. The Kier molecular flexibility index (Phi) is 2.98. The molecule has 1 aromatic carbocycles. The van der Waals surface area contributed by atoms with Crippen LogP contribution in [0.25, 0.3) is 0 Å². The van der Waals surface area contributed by atoms with Gasteiger partial charge in [0.1, 0.15) is 17.5 Å². The zero-order valence-corrected chi connectivity index (χ0v) is 11.4. The first-order valence-corrected chi connectivity index (χ1v) is 6.23. The van der Waals surface area contributed by atoms with E-state index >= 15 is 0 Å². The van der Waals surface area contributed by atoms with Crippen molar-refractivity contribution >= 4 is 11.6 Å². The normalized spacial score (nSPS) is 12.8. The van der Waals surface area contributed by atoms with Crippen LogP contribution in [0.5, 0.6) is 17.2 Å². The van der Waals surface area contributed by atoms with E-state index in [0.29, 0.717) is 23.3 Å². The molecule has 0 N–H and O–H groups in total. The van der Waals surface area contributed by atoms with E-state index in [0.717, 1.165) is 17.0 Å². The third-order valence-corrected chi connectivity index (χ3v) is 3.47. The molecule has 0 saturated heterocycles. The molecule has 0 unspecified atom stereocenters. The summed E-state index contributed by atoms with van der Waals surface area (Å²) < 4.78 is 17.9. The number of aromatic nitrogens is 2. The van der Waals surface area contributed by atoms with Gasteiger partial charge in [-0.05, 0) is 19.1 Å². The number of aryl methyl sites for hydroxylation is 2. The number of fused-ring (bicyclic) bond motifs is 1. The van der Waals surface area contributed by atoms with E-state index in [9.17, 15) is 0 Å². The third-order valence-electron chi connectivity index (χ3n) is 3.00. The maximum Gasteiger partial charge on any atom is 0.231 e. The predicted molar refractivity (Wildman–Crippen MR) is 69.9 cm³/mol. The highest BCUT2D eigenvalue weighted by molar-refractivity contribution is 6.30. The first-order chi connectivity index (χ1) is 9.15. The van der Waals surface area contributed by atoms with Crippen LogP contribution >= 0.6 is 11.6 Å². The molecule has 0 amide bonds. The fraction of sp³-hybridized carbons (Fsp3) is 0.308. The molecule has 1 aliphatic rings. The topological polar surface area (TPSA) is 45.5 Å². The van der Waals surface area contributed by atoms with Gasteiger partial charge in [0.15, 0.2) is 11.5 Å². The second kappa shape index (κ2) is 4.66. The number of hydrogen-bond donors (Lipinski definition) is 0. The van der Waals surface area contributed by atoms with Crippen molar-refractivity contribution in [3.05, 3.63) is 34.6 Å². The summed E-state index contributed by atoms with van der Waals surface area (Å²) in [5, 5.41) is 4.84. The second-order valence-corrected chi connectivity index (χ2v) is 4.64. The minimum atomic E-state index is 0.256. The van der Waals surface area contributed by atoms with Crippen LogP contribution in [-0.4, -0.2) is 16.6 Å². The van der Waals surface area contributed by atoms with Crippen molar-refractivity contribution in [1.82, 2.24) is 9.78 Å². The summed E-state index contributed by atoms with van der Waals surface area (Å²) in [5.74, 6) is 2.15. The van der Waals surface area contributed by atoms with Gasteiger partial charge in [0.25, 0.3) is 0 Å². The minimum Gasteiger partial charge on any atom is -0.489 e. The highest BCUT2D eigenvalue weighted by Crippen LogP contribution is 2.35. The lowest BCUT2D eigenvalue weighted by Crippen LogP contribution is -1.97. The van der Waals surface area contributed by atoms with E-state index in [1.165, 1.54) is 0 Å². The molecule has 3 rings (SSSR count). The number of ether oxygens (including phenoxy) is 3. The molecule has 0 atom stereocenters. The fourth-order valence-corrected chi connectivity index (χ4v) is 2.19. The number of halogens is 1. The van der Waals surface area contributed by atoms with Gasteiger partial charge in [0, 0.05) is 18.7 Å². The molecule has 2 aromatic rings. The van der Waals surface area contributed by atoms with Gasteiger partial charge in [-0.2, -0.15) is 5.10 Å². The zero-order valence-electron chi connectivity index (χ0n) is 10.6. The molecule has 5 nitrogen and oxygen atoms in total. The Morgan fingerprint density at radius 2 is 2.16 bits per heavy atom. The maximum absolute atomic E-state index is 6.15. The number of benzene rings is 1. The summed E-state index contributed by atoms with van der Waals surface area (Å²) in [6.07, 6.45) is 0. The Morgan fingerprint density at radius 1 is 1.37 bits per heavy atom. The molecular formula is C13H13ClN2O3. The first-order valence-electron chi connectivity index (χ1n) is 5.85. The van der Waals surface area contributed by atoms with Gasteiger partial charge in [-0.1, -0.05) is 11.6 Å². The third kappa shape index (κ3) is 2.21. The van der Waals surface area contributed by atoms with Crippen LogP contribution in [0.1, 0.15) is 11.3 Å². The smallest absolute Gasteiger partial charge is 0.231 e. The van der Waals surface area contributed by atoms with Crippen LogP contribution in [0.3, 0.4) is 0 Å². The van der Waals surface area contributed by atoms with E-state index in [-0.39, 0.29) is 6.79 Å². The molecule has 2 heterocycles. The summed E-state index contributed by atoms with van der Waals surface area (Å²) >= 11 is 6.15. The lowest BCUT2D eigenvalue weighted by atomic mass is 10.2. The Bertz CT molecular complexity index is 625. The maximum atomic E-state index is 6.15. The van der Waals surface area contributed by atoms with Crippen LogP contribution < -0.4 is 14.2 Å². The Hall–Kier alpha value is -1.88. The molecule has 0 saturated carbocycles. The molecule has 0 bridgehead atoms. The second-order valence-electron chi connectivity index (χ2n) is 4.28. The van der Waals surface area contributed by atoms with Crippen LogP contribution in [0.2, 0.25) is 5.15 Å². The summed E-state index contributed by atoms with van der Waals surface area (Å²) in [6, 6.07) is 5.48. The molecule has 19 heavy (non-hydrogen) atoms. The first kappa shape index (κ1) is 12.2. The van der Waals surface area contributed by atoms with E-state index in [1.54, 1.807) is 11.7 Å². The van der Waals surface area contributed by atoms with Crippen LogP contribution in [0, 0.1) is 6.92 Å². The van der Waals surface area contributed by atoms with Gasteiger partial charge < -0.3 is 14.2 Å². The standard InChI is InChI=1S/C13H13ClN2O3/c1-8-10(13(14)16(2)15-8)6-17-9-3-4-11-12(5-9)19-7-18-11/h3-5H,6-7H2,1-2H3. The highest BCUT2D eigenvalue weighted by atomic mass is 35.5. The molecule has 0 fully saturated rings. The molecule has 1 aromatic heterocycles. The molecule has 0 aliphatic carbocycles. The Labute approximate surface area is 115 Å². The van der Waals surface area contributed by atoms with Crippen molar-refractivity contribution in [3.63, 3.8) is 0 Å². The van der Waals surface area contributed by atoms with E-state index in [2.05, 4.69) is 5.10 Å². The SMILES string of the molecule is Cc1nn(C)c(Cl)c1COc1ccc2c(c1)OCO2. The van der Waals surface area contributed by atoms with Crippen molar-refractivity contribution in [2.75, 3.05) is 6.79 Å². The van der Waals surface area contributed by atoms with Crippen molar-refractivity contribution in [3.8, 4) is 17.2 Å². The molecular weight excluding hydrogens is 268 g/mol. The van der Waals surface area contributed by atoms with Crippen molar-refractivity contribution in [2.45, 2.75) is 13.5 Å². The molecule has 1 aliphatic heterocycles. The van der Waals surface area contributed by atoms with Gasteiger partial charge in [0.05, 0.1) is 5.69 Å². The van der Waals surface area contributed by atoms with Crippen LogP contribution in [0.15, 0.2) is 18.2 Å². The van der Waals surface area contributed by atoms with Gasteiger partial charge in [-0.3, -0.25) is 4.68 Å². The van der Waals surface area contributed by atoms with Gasteiger partial charge in [0.2, 0.25) is 6.79 Å². The van der Waals surface area contributed by atoms with Crippen molar-refractivity contribution in [1.29, 1.82) is 0 Å². The summed E-state index contributed by atoms with van der Waals surface area (Å²) in [5.41, 5.74) is 1.76. The van der Waals surface area contributed by atoms with Gasteiger partial charge in [-0.25, -0.2) is 0 Å². The zero-order chi connectivity index (χ0) is 13.4. The van der Waals surface area contributed by atoms with E-state index in [4.69, 9.17) is 25.8 Å².